The van der Waals surface area contributed by atoms with E-state index in [1.807, 2.05) is 61.9 Å². The molecule has 230 valence electrons. The van der Waals surface area contributed by atoms with Gasteiger partial charge < -0.3 is 10.6 Å². The molecule has 0 aliphatic heterocycles. The molecule has 0 aliphatic carbocycles. The molecule has 3 aromatic heterocycles. The number of amides is 2. The normalized spacial score (nSPS) is 11.0. The van der Waals surface area contributed by atoms with Crippen molar-refractivity contribution in [3.63, 3.8) is 0 Å². The van der Waals surface area contributed by atoms with Gasteiger partial charge in [0, 0.05) is 39.8 Å². The second-order valence-corrected chi connectivity index (χ2v) is 11.9. The molecule has 3 heterocycles. The molecule has 8 nitrogen and oxygen atoms in total. The van der Waals surface area contributed by atoms with E-state index in [-0.39, 0.29) is 11.2 Å². The number of anilines is 2. The zero-order valence-corrected chi connectivity index (χ0v) is 27.9. The van der Waals surface area contributed by atoms with Crippen molar-refractivity contribution >= 4 is 52.0 Å². The van der Waals surface area contributed by atoms with E-state index in [0.29, 0.717) is 35.0 Å². The van der Waals surface area contributed by atoms with Crippen LogP contribution in [0.5, 0.6) is 0 Å². The van der Waals surface area contributed by atoms with Gasteiger partial charge in [-0.25, -0.2) is 14.8 Å². The van der Waals surface area contributed by atoms with Gasteiger partial charge in [-0.3, -0.25) is 14.3 Å². The fourth-order valence-electron chi connectivity index (χ4n) is 4.97. The molecule has 44 heavy (non-hydrogen) atoms. The first-order chi connectivity index (χ1) is 21.3. The minimum absolute atomic E-state index is 0.198. The van der Waals surface area contributed by atoms with Crippen LogP contribution in [0.4, 0.5) is 16.2 Å². The number of aryl methyl sites for hydroxylation is 2. The maximum atomic E-state index is 14.2. The van der Waals surface area contributed by atoms with Crippen LogP contribution in [0.25, 0.3) is 22.2 Å². The average molecular weight is 629 g/mol. The number of urea groups is 1. The number of pyridine rings is 3. The highest BCUT2D eigenvalue weighted by molar-refractivity contribution is 7.99. The topological polar surface area (TPSA) is 92.2 Å². The summed E-state index contributed by atoms with van der Waals surface area (Å²) in [5.74, 6) is 6.55. The third kappa shape index (κ3) is 7.65. The first kappa shape index (κ1) is 33.1. The fourth-order valence-corrected chi connectivity index (χ4v) is 6.28. The fraction of sp³-hybridized carbons (Fsp3) is 0.353. The van der Waals surface area contributed by atoms with Gasteiger partial charge in [0.05, 0.1) is 12.2 Å². The van der Waals surface area contributed by atoms with Gasteiger partial charge in [0.1, 0.15) is 16.4 Å². The smallest absolute Gasteiger partial charge is 0.304 e. The highest BCUT2D eigenvalue weighted by Gasteiger charge is 2.22. The third-order valence-corrected chi connectivity index (χ3v) is 8.75. The first-order valence-electron chi connectivity index (χ1n) is 14.9. The Labute approximate surface area is 268 Å². The predicted molar refractivity (Wildman–Crippen MR) is 186 cm³/mol. The van der Waals surface area contributed by atoms with E-state index in [1.165, 1.54) is 23.5 Å². The van der Waals surface area contributed by atoms with E-state index in [9.17, 15) is 9.59 Å². The third-order valence-electron chi connectivity index (χ3n) is 7.31. The van der Waals surface area contributed by atoms with Crippen molar-refractivity contribution in [1.29, 1.82) is 0 Å². The zero-order valence-electron chi connectivity index (χ0n) is 26.3. The molecule has 2 N–H and O–H groups in total. The molecule has 0 fully saturated rings. The number of thioether (sulfide) groups is 2. The van der Waals surface area contributed by atoms with Crippen LogP contribution in [-0.2, 0) is 6.54 Å². The number of carbonyl (C=O) groups is 1. The molecular formula is C34H40N6O2S2. The molecule has 0 bridgehead atoms. The number of rotatable bonds is 11. The van der Waals surface area contributed by atoms with E-state index < -0.39 is 6.03 Å². The van der Waals surface area contributed by atoms with Crippen LogP contribution in [0.15, 0.2) is 63.4 Å². The Bertz CT molecular complexity index is 1730. The predicted octanol–water partition coefficient (Wildman–Crippen LogP) is 7.35. The molecule has 4 aromatic rings. The molecule has 2 amide bonds. The van der Waals surface area contributed by atoms with Crippen LogP contribution in [0, 0.1) is 18.8 Å². The SMILES string of the molecule is CCCCn1c(=O)c(NC(=O)Nc2c(SC)cc(C)nc2SC)c(-c2cccc(C#CCN(CC)CC)c2)c2cccnc21. The number of hydrogen-bond acceptors (Lipinski definition) is 7. The van der Waals surface area contributed by atoms with Crippen molar-refractivity contribution in [3.05, 3.63) is 70.3 Å². The van der Waals surface area contributed by atoms with Crippen LogP contribution in [0.1, 0.15) is 44.9 Å². The van der Waals surface area contributed by atoms with E-state index in [0.717, 1.165) is 53.0 Å². The lowest BCUT2D eigenvalue weighted by atomic mass is 9.98. The number of unbranched alkanes of at least 4 members (excludes halogenated alkanes) is 1. The van der Waals surface area contributed by atoms with E-state index in [2.05, 4.69) is 58.1 Å². The molecule has 0 aliphatic rings. The standard InChI is InChI=1S/C34H40N6O2S2/c1-7-10-20-40-31-26(17-12-18-35-31)28(25-16-11-14-24(22-25)15-13-19-39(8-2)9-3)30(33(40)41)38-34(42)37-29-27(43-5)21-23(4)36-32(29)44-6/h11-12,14,16-18,21-22H,7-10,19-20H2,1-6H3,(H2,37,38,42). The number of carbonyl (C=O) groups excluding carboxylic acids is 1. The summed E-state index contributed by atoms with van der Waals surface area (Å²) in [6.45, 7) is 11.3. The van der Waals surface area contributed by atoms with Gasteiger partial charge >= 0.3 is 6.03 Å². The average Bonchev–Trinajstić information content (AvgIpc) is 3.04. The minimum atomic E-state index is -0.514. The van der Waals surface area contributed by atoms with Crippen LogP contribution < -0.4 is 16.2 Å². The van der Waals surface area contributed by atoms with Crippen molar-refractivity contribution < 1.29 is 4.79 Å². The van der Waals surface area contributed by atoms with Crippen LogP contribution in [-0.4, -0.2) is 57.6 Å². The lowest BCUT2D eigenvalue weighted by Gasteiger charge is -2.19. The maximum Gasteiger partial charge on any atom is 0.323 e. The minimum Gasteiger partial charge on any atom is -0.304 e. The van der Waals surface area contributed by atoms with Gasteiger partial charge in [-0.05, 0) is 74.8 Å². The molecule has 0 atom stereocenters. The lowest BCUT2D eigenvalue weighted by molar-refractivity contribution is 0.262. The summed E-state index contributed by atoms with van der Waals surface area (Å²) in [5, 5.41) is 7.42. The van der Waals surface area contributed by atoms with Crippen LogP contribution in [0.2, 0.25) is 0 Å². The van der Waals surface area contributed by atoms with Crippen molar-refractivity contribution in [2.45, 2.75) is 57.0 Å². The Balaban J connectivity index is 1.86. The van der Waals surface area contributed by atoms with Gasteiger partial charge in [-0.1, -0.05) is 51.2 Å². The van der Waals surface area contributed by atoms with Crippen molar-refractivity contribution in [2.24, 2.45) is 0 Å². The molecule has 0 saturated carbocycles. The zero-order chi connectivity index (χ0) is 31.6. The molecule has 0 saturated heterocycles. The van der Waals surface area contributed by atoms with Gasteiger partial charge in [-0.15, -0.1) is 23.5 Å². The highest BCUT2D eigenvalue weighted by atomic mass is 32.2. The number of benzene rings is 1. The van der Waals surface area contributed by atoms with E-state index >= 15 is 0 Å². The maximum absolute atomic E-state index is 14.2. The first-order valence-corrected chi connectivity index (χ1v) is 17.3. The summed E-state index contributed by atoms with van der Waals surface area (Å²) >= 11 is 2.99. The largest absolute Gasteiger partial charge is 0.323 e. The van der Waals surface area contributed by atoms with Gasteiger partial charge in [0.2, 0.25) is 0 Å². The summed E-state index contributed by atoms with van der Waals surface area (Å²) in [5.41, 5.74) is 4.19. The Kier molecular flexibility index (Phi) is 11.9. The Morgan fingerprint density at radius 1 is 1.02 bits per heavy atom. The lowest BCUT2D eigenvalue weighted by Crippen LogP contribution is -2.30. The monoisotopic (exact) mass is 628 g/mol. The molecule has 4 rings (SSSR count). The van der Waals surface area contributed by atoms with Crippen molar-refractivity contribution in [1.82, 2.24) is 19.4 Å². The van der Waals surface area contributed by atoms with Gasteiger partial charge in [0.25, 0.3) is 5.56 Å². The Hall–Kier alpha value is -3.78. The molecule has 1 aromatic carbocycles. The van der Waals surface area contributed by atoms with Gasteiger partial charge in [0.15, 0.2) is 0 Å². The van der Waals surface area contributed by atoms with Crippen molar-refractivity contribution in [2.75, 3.05) is 42.8 Å². The van der Waals surface area contributed by atoms with Crippen LogP contribution in [0.3, 0.4) is 0 Å². The summed E-state index contributed by atoms with van der Waals surface area (Å²) in [7, 11) is 0. The molecule has 0 radical (unpaired) electrons. The van der Waals surface area contributed by atoms with Crippen LogP contribution >= 0.6 is 23.5 Å². The molecule has 0 unspecified atom stereocenters. The summed E-state index contributed by atoms with van der Waals surface area (Å²) in [4.78, 5) is 40.2. The summed E-state index contributed by atoms with van der Waals surface area (Å²) < 4.78 is 1.67. The number of hydrogen-bond donors (Lipinski definition) is 2. The summed E-state index contributed by atoms with van der Waals surface area (Å²) in [6.07, 6.45) is 7.29. The number of fused-ring (bicyclic) bond motifs is 1. The summed E-state index contributed by atoms with van der Waals surface area (Å²) in [6, 6.07) is 13.0. The highest BCUT2D eigenvalue weighted by Crippen LogP contribution is 2.35. The Morgan fingerprint density at radius 2 is 1.80 bits per heavy atom. The second-order valence-electron chi connectivity index (χ2n) is 10.2. The number of aromatic nitrogens is 3. The number of nitrogens with one attached hydrogen (secondary N) is 2. The molecular weight excluding hydrogens is 589 g/mol. The Morgan fingerprint density at radius 3 is 2.50 bits per heavy atom. The van der Waals surface area contributed by atoms with E-state index in [1.54, 1.807) is 10.8 Å². The number of nitrogens with zero attached hydrogens (tertiary/aromatic N) is 4. The van der Waals surface area contributed by atoms with E-state index in [4.69, 9.17) is 0 Å². The van der Waals surface area contributed by atoms with Crippen molar-refractivity contribution in [3.8, 4) is 23.0 Å². The quantitative estimate of drug-likeness (QED) is 0.133. The second kappa shape index (κ2) is 15.8. The molecule has 0 spiro atoms. The van der Waals surface area contributed by atoms with Gasteiger partial charge in [-0.2, -0.15) is 0 Å². The molecule has 10 heteroatoms.